The van der Waals surface area contributed by atoms with Gasteiger partial charge < -0.3 is 15.0 Å². The molecule has 0 radical (unpaired) electrons. The molecule has 4 heterocycles. The van der Waals surface area contributed by atoms with Crippen LogP contribution in [0.1, 0.15) is 36.8 Å². The summed E-state index contributed by atoms with van der Waals surface area (Å²) in [5.41, 5.74) is 0.0615. The van der Waals surface area contributed by atoms with Crippen LogP contribution in [0.25, 0.3) is 0 Å². The van der Waals surface area contributed by atoms with Crippen LogP contribution in [0, 0.1) is 11.7 Å². The summed E-state index contributed by atoms with van der Waals surface area (Å²) in [4.78, 5) is 47.0. The van der Waals surface area contributed by atoms with Crippen molar-refractivity contribution in [2.45, 2.75) is 43.7 Å². The second-order valence-electron chi connectivity index (χ2n) is 9.49. The molecule has 4 amide bonds. The molecule has 5 rings (SSSR count). The summed E-state index contributed by atoms with van der Waals surface area (Å²) >= 11 is 0. The number of hydrogen-bond acceptors (Lipinski definition) is 5. The first-order valence-electron chi connectivity index (χ1n) is 12.2. The lowest BCUT2D eigenvalue weighted by Gasteiger charge is -2.41. The largest absolute Gasteiger partial charge is 0.376 e. The van der Waals surface area contributed by atoms with E-state index in [1.165, 1.54) is 17.0 Å². The van der Waals surface area contributed by atoms with E-state index in [2.05, 4.69) is 10.3 Å². The van der Waals surface area contributed by atoms with E-state index in [4.69, 9.17) is 4.74 Å². The number of benzene rings is 1. The molecule has 8 nitrogen and oxygen atoms in total. The number of piperidine rings is 1. The minimum Gasteiger partial charge on any atom is -0.376 e. The highest BCUT2D eigenvalue weighted by molar-refractivity contribution is 6.07. The van der Waals surface area contributed by atoms with E-state index in [9.17, 15) is 18.8 Å². The highest BCUT2D eigenvalue weighted by Crippen LogP contribution is 2.41. The van der Waals surface area contributed by atoms with Crippen molar-refractivity contribution in [3.05, 3.63) is 65.7 Å². The Bertz CT molecular complexity index is 1100. The number of carbonyl (C=O) groups excluding carboxylic acids is 3. The topological polar surface area (TPSA) is 91.8 Å². The zero-order valence-electron chi connectivity index (χ0n) is 19.5. The molecule has 0 unspecified atom stereocenters. The summed E-state index contributed by atoms with van der Waals surface area (Å²) in [6.45, 7) is 1.78. The van der Waals surface area contributed by atoms with E-state index in [-0.39, 0.29) is 42.6 Å². The maximum Gasteiger partial charge on any atom is 0.325 e. The quantitative estimate of drug-likeness (QED) is 0.642. The molecule has 3 aliphatic rings. The summed E-state index contributed by atoms with van der Waals surface area (Å²) in [7, 11) is 0. The van der Waals surface area contributed by atoms with Crippen LogP contribution in [0.2, 0.25) is 0 Å². The van der Waals surface area contributed by atoms with E-state index in [1.54, 1.807) is 35.5 Å². The van der Waals surface area contributed by atoms with Crippen LogP contribution in [0.4, 0.5) is 9.18 Å². The number of carbonyl (C=O) groups is 3. The van der Waals surface area contributed by atoms with Gasteiger partial charge in [-0.1, -0.05) is 18.2 Å². The van der Waals surface area contributed by atoms with Crippen LogP contribution >= 0.6 is 0 Å². The molecule has 0 saturated carbocycles. The fourth-order valence-electron chi connectivity index (χ4n) is 5.55. The smallest absolute Gasteiger partial charge is 0.325 e. The molecule has 0 spiro atoms. The van der Waals surface area contributed by atoms with E-state index in [0.29, 0.717) is 43.7 Å². The van der Waals surface area contributed by atoms with Gasteiger partial charge in [0.1, 0.15) is 5.82 Å². The fraction of sp³-hybridized carbons (Fsp3) is 0.462. The Morgan fingerprint density at radius 2 is 2.00 bits per heavy atom. The minimum absolute atomic E-state index is 0.0775. The first-order chi connectivity index (χ1) is 17.0. The van der Waals surface area contributed by atoms with Gasteiger partial charge in [0.05, 0.1) is 19.1 Å². The van der Waals surface area contributed by atoms with Crippen LogP contribution in [0.15, 0.2) is 48.8 Å². The normalized spacial score (nSPS) is 25.2. The van der Waals surface area contributed by atoms with E-state index in [1.807, 2.05) is 6.07 Å². The first-order valence-corrected chi connectivity index (χ1v) is 12.2. The number of hydrogen-bond donors (Lipinski definition) is 1. The number of halogens is 1. The van der Waals surface area contributed by atoms with Crippen LogP contribution in [0.3, 0.4) is 0 Å². The summed E-state index contributed by atoms with van der Waals surface area (Å²) in [6, 6.07) is 9.22. The van der Waals surface area contributed by atoms with Gasteiger partial charge in [0.2, 0.25) is 5.91 Å². The van der Waals surface area contributed by atoms with Crippen molar-refractivity contribution in [3.63, 3.8) is 0 Å². The Kier molecular flexibility index (Phi) is 6.51. The van der Waals surface area contributed by atoms with Gasteiger partial charge in [-0.05, 0) is 55.4 Å². The van der Waals surface area contributed by atoms with Gasteiger partial charge in [0.15, 0.2) is 5.54 Å². The molecule has 3 saturated heterocycles. The number of pyridine rings is 1. The highest BCUT2D eigenvalue weighted by Gasteiger charge is 2.57. The van der Waals surface area contributed by atoms with Gasteiger partial charge in [-0.15, -0.1) is 0 Å². The Hall–Kier alpha value is -3.33. The van der Waals surface area contributed by atoms with Crippen molar-refractivity contribution in [1.29, 1.82) is 0 Å². The second-order valence-corrected chi connectivity index (χ2v) is 9.49. The molecule has 2 atom stereocenters. The van der Waals surface area contributed by atoms with Gasteiger partial charge in [0.25, 0.3) is 5.91 Å². The third kappa shape index (κ3) is 4.52. The molecule has 0 aliphatic carbocycles. The molecule has 1 aromatic carbocycles. The molecule has 35 heavy (non-hydrogen) atoms. The van der Waals surface area contributed by atoms with Gasteiger partial charge in [0, 0.05) is 37.7 Å². The number of amides is 4. The SMILES string of the molecule is O=C(Cc1cccc(F)c1)N1CCC([C@]2(c3cccnc3)NC(=O)N(C[C@H]3CCCO3)C2=O)CC1. The predicted octanol–water partition coefficient (Wildman–Crippen LogP) is 2.63. The van der Waals surface area contributed by atoms with Crippen LogP contribution in [0.5, 0.6) is 0 Å². The van der Waals surface area contributed by atoms with Crippen molar-refractivity contribution in [3.8, 4) is 0 Å². The Labute approximate surface area is 203 Å². The Morgan fingerprint density at radius 1 is 1.17 bits per heavy atom. The van der Waals surface area contributed by atoms with Crippen molar-refractivity contribution < 1.29 is 23.5 Å². The van der Waals surface area contributed by atoms with E-state index >= 15 is 0 Å². The average molecular weight is 481 g/mol. The van der Waals surface area contributed by atoms with Gasteiger partial charge in [-0.2, -0.15) is 0 Å². The molecule has 0 bridgehead atoms. The lowest BCUT2D eigenvalue weighted by atomic mass is 9.73. The summed E-state index contributed by atoms with van der Waals surface area (Å²) < 4.78 is 19.2. The number of nitrogens with one attached hydrogen (secondary N) is 1. The van der Waals surface area contributed by atoms with E-state index in [0.717, 1.165) is 12.8 Å². The monoisotopic (exact) mass is 480 g/mol. The molecule has 3 aliphatic heterocycles. The second kappa shape index (κ2) is 9.73. The van der Waals surface area contributed by atoms with Crippen molar-refractivity contribution >= 4 is 17.8 Å². The van der Waals surface area contributed by atoms with Crippen LogP contribution in [-0.4, -0.2) is 65.0 Å². The van der Waals surface area contributed by atoms with Crippen LogP contribution < -0.4 is 5.32 Å². The fourth-order valence-corrected chi connectivity index (χ4v) is 5.55. The lowest BCUT2D eigenvalue weighted by Crippen LogP contribution is -2.54. The average Bonchev–Trinajstić information content (AvgIpc) is 3.47. The summed E-state index contributed by atoms with van der Waals surface area (Å²) in [5, 5.41) is 3.01. The molecule has 1 aromatic heterocycles. The lowest BCUT2D eigenvalue weighted by molar-refractivity contribution is -0.137. The number of urea groups is 1. The summed E-state index contributed by atoms with van der Waals surface area (Å²) in [6.07, 6.45) is 6.09. The van der Waals surface area contributed by atoms with Crippen molar-refractivity contribution in [1.82, 2.24) is 20.1 Å². The third-order valence-corrected chi connectivity index (χ3v) is 7.36. The number of rotatable bonds is 6. The first kappa shape index (κ1) is 23.4. The number of ether oxygens (including phenoxy) is 1. The molecule has 184 valence electrons. The minimum atomic E-state index is -1.22. The van der Waals surface area contributed by atoms with Gasteiger partial charge in [-0.3, -0.25) is 19.5 Å². The predicted molar refractivity (Wildman–Crippen MR) is 125 cm³/mol. The molecule has 2 aromatic rings. The van der Waals surface area contributed by atoms with E-state index < -0.39 is 11.6 Å². The molecule has 1 N–H and O–H groups in total. The molecular weight excluding hydrogens is 451 g/mol. The van der Waals surface area contributed by atoms with Gasteiger partial charge >= 0.3 is 6.03 Å². The molecular formula is C26H29FN4O4. The van der Waals surface area contributed by atoms with Crippen LogP contribution in [-0.2, 0) is 26.3 Å². The maximum absolute atomic E-state index is 13.9. The van der Waals surface area contributed by atoms with Crippen molar-refractivity contribution in [2.75, 3.05) is 26.2 Å². The maximum atomic E-state index is 13.9. The third-order valence-electron chi connectivity index (χ3n) is 7.36. The Morgan fingerprint density at radius 3 is 2.69 bits per heavy atom. The standard InChI is InChI=1S/C26H29FN4O4/c27-21-6-1-4-18(14-21)15-23(32)30-11-8-19(9-12-30)26(20-5-2-10-28-16-20)24(33)31(25(34)29-26)17-22-7-3-13-35-22/h1-2,4-6,10,14,16,19,22H,3,7-9,11-13,15,17H2,(H,29,34)/t22-,26-/m1/s1. The number of nitrogens with zero attached hydrogens (tertiary/aromatic N) is 3. The zero-order valence-corrected chi connectivity index (χ0v) is 19.5. The number of imide groups is 1. The Balaban J connectivity index is 1.33. The highest BCUT2D eigenvalue weighted by atomic mass is 19.1. The summed E-state index contributed by atoms with van der Waals surface area (Å²) in [5.74, 6) is -0.923. The number of aromatic nitrogens is 1. The van der Waals surface area contributed by atoms with Gasteiger partial charge in [-0.25, -0.2) is 9.18 Å². The zero-order chi connectivity index (χ0) is 24.4. The molecule has 3 fully saturated rings. The molecule has 9 heteroatoms. The number of likely N-dealkylation sites (tertiary alicyclic amines) is 1. The van der Waals surface area contributed by atoms with Crippen molar-refractivity contribution in [2.24, 2.45) is 5.92 Å².